The third kappa shape index (κ3) is 3.09. The molecule has 1 saturated heterocycles. The van der Waals surface area contributed by atoms with Crippen LogP contribution in [0.25, 0.3) is 11.6 Å². The lowest BCUT2D eigenvalue weighted by atomic mass is 9.86. The number of fused-ring (bicyclic) bond motifs is 1. The number of imide groups is 1. The SMILES string of the molecule is CCCN1c2cc(C)c(/C=C3\SC(=O)N(C)C3=O)cc2C(C)=CC1(C)C. The van der Waals surface area contributed by atoms with Crippen LogP contribution >= 0.6 is 11.8 Å². The molecule has 0 radical (unpaired) electrons. The summed E-state index contributed by atoms with van der Waals surface area (Å²) in [6.07, 6.45) is 5.24. The zero-order valence-electron chi connectivity index (χ0n) is 16.3. The van der Waals surface area contributed by atoms with Crippen molar-refractivity contribution in [1.82, 2.24) is 4.90 Å². The number of thioether (sulfide) groups is 1. The molecule has 26 heavy (non-hydrogen) atoms. The van der Waals surface area contributed by atoms with Crippen LogP contribution < -0.4 is 4.90 Å². The number of benzene rings is 1. The van der Waals surface area contributed by atoms with Crippen LogP contribution in [0.15, 0.2) is 23.1 Å². The second kappa shape index (κ2) is 6.62. The van der Waals surface area contributed by atoms with Crippen molar-refractivity contribution in [2.24, 2.45) is 0 Å². The van der Waals surface area contributed by atoms with Crippen LogP contribution in [0.3, 0.4) is 0 Å². The number of rotatable bonds is 3. The molecule has 0 N–H and O–H groups in total. The maximum atomic E-state index is 12.2. The Kier molecular flexibility index (Phi) is 4.78. The standard InChI is InChI=1S/C21H26N2O2S/c1-7-8-23-17-9-13(2)15(10-16(17)14(3)12-21(23,4)5)11-18-19(24)22(6)20(25)26-18/h9-12H,7-8H2,1-6H3/b18-11-. The molecule has 2 heterocycles. The Labute approximate surface area is 159 Å². The lowest BCUT2D eigenvalue weighted by Gasteiger charge is -2.43. The largest absolute Gasteiger partial charge is 0.362 e. The minimum Gasteiger partial charge on any atom is -0.362 e. The summed E-state index contributed by atoms with van der Waals surface area (Å²) in [6, 6.07) is 4.36. The predicted octanol–water partition coefficient (Wildman–Crippen LogP) is 5.07. The zero-order valence-corrected chi connectivity index (χ0v) is 17.2. The normalized spacial score (nSPS) is 20.7. The van der Waals surface area contributed by atoms with Crippen LogP contribution in [0, 0.1) is 6.92 Å². The number of hydrogen-bond acceptors (Lipinski definition) is 4. The highest BCUT2D eigenvalue weighted by molar-refractivity contribution is 8.18. The number of likely N-dealkylation sites (N-methyl/N-ethyl adjacent to an activating group) is 1. The molecule has 1 aromatic rings. The first-order chi connectivity index (χ1) is 12.2. The van der Waals surface area contributed by atoms with E-state index in [0.29, 0.717) is 4.91 Å². The highest BCUT2D eigenvalue weighted by atomic mass is 32.2. The van der Waals surface area contributed by atoms with Crippen molar-refractivity contribution in [2.45, 2.75) is 46.6 Å². The minimum atomic E-state index is -0.224. The number of anilines is 1. The van der Waals surface area contributed by atoms with Crippen LogP contribution in [-0.2, 0) is 4.79 Å². The molecule has 0 aliphatic carbocycles. The fourth-order valence-corrected chi connectivity index (χ4v) is 4.54. The molecule has 4 nitrogen and oxygen atoms in total. The van der Waals surface area contributed by atoms with E-state index in [-0.39, 0.29) is 16.7 Å². The number of amides is 2. The van der Waals surface area contributed by atoms with Crippen molar-refractivity contribution in [3.05, 3.63) is 39.8 Å². The maximum absolute atomic E-state index is 12.2. The molecule has 0 saturated carbocycles. The van der Waals surface area contributed by atoms with Gasteiger partial charge >= 0.3 is 0 Å². The van der Waals surface area contributed by atoms with Crippen molar-refractivity contribution in [2.75, 3.05) is 18.5 Å². The molecule has 2 aliphatic rings. The van der Waals surface area contributed by atoms with E-state index in [9.17, 15) is 9.59 Å². The first-order valence-corrected chi connectivity index (χ1v) is 9.81. The molecule has 2 amide bonds. The molecule has 0 spiro atoms. The van der Waals surface area contributed by atoms with Crippen molar-refractivity contribution >= 4 is 40.2 Å². The van der Waals surface area contributed by atoms with Gasteiger partial charge in [0.25, 0.3) is 11.1 Å². The average Bonchev–Trinajstić information content (AvgIpc) is 2.79. The molecular formula is C21H26N2O2S. The van der Waals surface area contributed by atoms with Crippen LogP contribution in [0.5, 0.6) is 0 Å². The summed E-state index contributed by atoms with van der Waals surface area (Å²) in [4.78, 5) is 28.1. The summed E-state index contributed by atoms with van der Waals surface area (Å²) in [5.74, 6) is -0.224. The maximum Gasteiger partial charge on any atom is 0.293 e. The molecule has 138 valence electrons. The molecular weight excluding hydrogens is 344 g/mol. The first kappa shape index (κ1) is 18.8. The number of allylic oxidation sites excluding steroid dienone is 1. The van der Waals surface area contributed by atoms with Gasteiger partial charge in [0.1, 0.15) is 0 Å². The predicted molar refractivity (Wildman–Crippen MR) is 110 cm³/mol. The van der Waals surface area contributed by atoms with Gasteiger partial charge in [-0.1, -0.05) is 13.0 Å². The molecule has 2 aliphatic heterocycles. The van der Waals surface area contributed by atoms with Gasteiger partial charge < -0.3 is 4.90 Å². The van der Waals surface area contributed by atoms with Crippen molar-refractivity contribution in [3.63, 3.8) is 0 Å². The van der Waals surface area contributed by atoms with Crippen molar-refractivity contribution < 1.29 is 9.59 Å². The van der Waals surface area contributed by atoms with Crippen LogP contribution in [-0.4, -0.2) is 35.2 Å². The summed E-state index contributed by atoms with van der Waals surface area (Å²) in [5.41, 5.74) is 5.77. The zero-order chi connectivity index (χ0) is 19.2. The quantitative estimate of drug-likeness (QED) is 0.696. The van der Waals surface area contributed by atoms with Gasteiger partial charge in [0, 0.05) is 24.8 Å². The molecule has 3 rings (SSSR count). The summed E-state index contributed by atoms with van der Waals surface area (Å²) in [7, 11) is 1.52. The van der Waals surface area contributed by atoms with Gasteiger partial charge in [-0.05, 0) is 80.8 Å². The number of carbonyl (C=O) groups is 2. The van der Waals surface area contributed by atoms with E-state index in [4.69, 9.17) is 0 Å². The van der Waals surface area contributed by atoms with Crippen molar-refractivity contribution in [3.8, 4) is 0 Å². The summed E-state index contributed by atoms with van der Waals surface area (Å²) in [5, 5.41) is -0.219. The van der Waals surface area contributed by atoms with E-state index in [0.717, 1.165) is 35.9 Å². The van der Waals surface area contributed by atoms with E-state index in [1.807, 2.05) is 6.08 Å². The number of nitrogens with zero attached hydrogens (tertiary/aromatic N) is 2. The third-order valence-electron chi connectivity index (χ3n) is 5.09. The third-order valence-corrected chi connectivity index (χ3v) is 6.05. The number of aryl methyl sites for hydroxylation is 1. The van der Waals surface area contributed by atoms with E-state index < -0.39 is 0 Å². The molecule has 0 bridgehead atoms. The minimum absolute atomic E-state index is 0.0219. The fraction of sp³-hybridized carbons (Fsp3) is 0.429. The van der Waals surface area contributed by atoms with Crippen LogP contribution in [0.4, 0.5) is 10.5 Å². The lowest BCUT2D eigenvalue weighted by Crippen LogP contribution is -2.45. The lowest BCUT2D eigenvalue weighted by molar-refractivity contribution is -0.121. The van der Waals surface area contributed by atoms with Gasteiger partial charge in [0.15, 0.2) is 0 Å². The molecule has 1 aromatic carbocycles. The molecule has 0 atom stereocenters. The molecule has 0 unspecified atom stereocenters. The topological polar surface area (TPSA) is 40.6 Å². The fourth-order valence-electron chi connectivity index (χ4n) is 3.72. The monoisotopic (exact) mass is 370 g/mol. The van der Waals surface area contributed by atoms with Gasteiger partial charge in [-0.25, -0.2) is 0 Å². The Bertz CT molecular complexity index is 852. The van der Waals surface area contributed by atoms with Gasteiger partial charge in [-0.15, -0.1) is 0 Å². The Morgan fingerprint density at radius 3 is 2.46 bits per heavy atom. The highest BCUT2D eigenvalue weighted by Crippen LogP contribution is 2.41. The number of carbonyl (C=O) groups excluding carboxylic acids is 2. The Morgan fingerprint density at radius 1 is 1.19 bits per heavy atom. The molecule has 1 fully saturated rings. The van der Waals surface area contributed by atoms with Crippen LogP contribution in [0.1, 0.15) is 50.8 Å². The summed E-state index contributed by atoms with van der Waals surface area (Å²) in [6.45, 7) is 11.9. The average molecular weight is 371 g/mol. The van der Waals surface area contributed by atoms with Crippen molar-refractivity contribution in [1.29, 1.82) is 0 Å². The highest BCUT2D eigenvalue weighted by Gasteiger charge is 2.33. The molecule has 5 heteroatoms. The Balaban J connectivity index is 2.09. The summed E-state index contributed by atoms with van der Waals surface area (Å²) < 4.78 is 0. The molecule has 0 aromatic heterocycles. The van der Waals surface area contributed by atoms with Gasteiger partial charge in [-0.3, -0.25) is 14.5 Å². The first-order valence-electron chi connectivity index (χ1n) is 8.99. The smallest absolute Gasteiger partial charge is 0.293 e. The Morgan fingerprint density at radius 2 is 1.88 bits per heavy atom. The summed E-state index contributed by atoms with van der Waals surface area (Å²) >= 11 is 1.01. The second-order valence-electron chi connectivity index (χ2n) is 7.60. The van der Waals surface area contributed by atoms with E-state index in [1.165, 1.54) is 28.8 Å². The van der Waals surface area contributed by atoms with E-state index in [2.05, 4.69) is 57.7 Å². The van der Waals surface area contributed by atoms with E-state index >= 15 is 0 Å². The Hall–Kier alpha value is -2.01. The van der Waals surface area contributed by atoms with Gasteiger partial charge in [0.05, 0.1) is 10.4 Å². The van der Waals surface area contributed by atoms with Crippen LogP contribution in [0.2, 0.25) is 0 Å². The van der Waals surface area contributed by atoms with E-state index in [1.54, 1.807) is 0 Å². The number of hydrogen-bond donors (Lipinski definition) is 0. The van der Waals surface area contributed by atoms with Gasteiger partial charge in [0.2, 0.25) is 0 Å². The second-order valence-corrected chi connectivity index (χ2v) is 8.59. The van der Waals surface area contributed by atoms with Gasteiger partial charge in [-0.2, -0.15) is 0 Å².